The van der Waals surface area contributed by atoms with Gasteiger partial charge in [0.1, 0.15) is 6.04 Å². The number of amides is 2. The fourth-order valence-electron chi connectivity index (χ4n) is 1.64. The van der Waals surface area contributed by atoms with E-state index in [1.165, 1.54) is 0 Å². The average Bonchev–Trinajstić information content (AvgIpc) is 2.29. The number of aliphatic hydroxyl groups excluding tert-OH is 1. The minimum Gasteiger partial charge on any atom is -0.480 e. The number of rotatable bonds is 4. The van der Waals surface area contributed by atoms with Gasteiger partial charge in [-0.3, -0.25) is 0 Å². The topological polar surface area (TPSA) is 93.1 Å². The van der Waals surface area contributed by atoms with Crippen LogP contribution in [-0.4, -0.2) is 77.9 Å². The van der Waals surface area contributed by atoms with Crippen molar-refractivity contribution in [3.8, 4) is 0 Å². The lowest BCUT2D eigenvalue weighted by Crippen LogP contribution is -2.54. The maximum Gasteiger partial charge on any atom is 0.326 e. The molecule has 17 heavy (non-hydrogen) atoms. The SMILES string of the molecule is CN1CCN(C(=O)N[C@H](CCO)C(=O)O)CC1. The molecule has 2 amide bonds. The third kappa shape index (κ3) is 4.20. The Hall–Kier alpha value is -1.34. The zero-order valence-electron chi connectivity index (χ0n) is 9.93. The van der Waals surface area contributed by atoms with Gasteiger partial charge < -0.3 is 25.3 Å². The Bertz CT molecular complexity index is 277. The molecule has 0 radical (unpaired) electrons. The van der Waals surface area contributed by atoms with Crippen molar-refractivity contribution in [2.45, 2.75) is 12.5 Å². The van der Waals surface area contributed by atoms with E-state index in [-0.39, 0.29) is 19.1 Å². The van der Waals surface area contributed by atoms with E-state index < -0.39 is 12.0 Å². The first kappa shape index (κ1) is 13.7. The second kappa shape index (κ2) is 6.41. The van der Waals surface area contributed by atoms with E-state index in [1.807, 2.05) is 7.05 Å². The third-order valence-electron chi connectivity index (χ3n) is 2.80. The number of carbonyl (C=O) groups excluding carboxylic acids is 1. The smallest absolute Gasteiger partial charge is 0.326 e. The average molecular weight is 245 g/mol. The van der Waals surface area contributed by atoms with Gasteiger partial charge in [-0.15, -0.1) is 0 Å². The molecule has 1 aliphatic rings. The normalized spacial score (nSPS) is 18.8. The zero-order valence-corrected chi connectivity index (χ0v) is 9.93. The summed E-state index contributed by atoms with van der Waals surface area (Å²) in [6, 6.07) is -1.40. The van der Waals surface area contributed by atoms with Crippen LogP contribution in [0.2, 0.25) is 0 Å². The number of carboxylic acid groups (broad SMARTS) is 1. The molecule has 0 bridgehead atoms. The highest BCUT2D eigenvalue weighted by Gasteiger charge is 2.24. The Labute approximate surface area is 100.0 Å². The summed E-state index contributed by atoms with van der Waals surface area (Å²) in [6.45, 7) is 2.48. The van der Waals surface area contributed by atoms with E-state index in [2.05, 4.69) is 10.2 Å². The number of piperazine rings is 1. The highest BCUT2D eigenvalue weighted by molar-refractivity contribution is 5.82. The summed E-state index contributed by atoms with van der Waals surface area (Å²) in [5, 5.41) is 20.0. The van der Waals surface area contributed by atoms with Crippen molar-refractivity contribution in [1.82, 2.24) is 15.1 Å². The van der Waals surface area contributed by atoms with E-state index >= 15 is 0 Å². The Morgan fingerprint density at radius 2 is 1.88 bits per heavy atom. The summed E-state index contributed by atoms with van der Waals surface area (Å²) in [4.78, 5) is 26.2. The lowest BCUT2D eigenvalue weighted by molar-refractivity contribution is -0.139. The predicted octanol–water partition coefficient (Wildman–Crippen LogP) is -1.22. The lowest BCUT2D eigenvalue weighted by atomic mass is 10.2. The van der Waals surface area contributed by atoms with E-state index in [1.54, 1.807) is 4.90 Å². The van der Waals surface area contributed by atoms with Crippen molar-refractivity contribution in [3.05, 3.63) is 0 Å². The van der Waals surface area contributed by atoms with E-state index in [0.717, 1.165) is 13.1 Å². The second-order valence-corrected chi connectivity index (χ2v) is 4.14. The molecule has 3 N–H and O–H groups in total. The summed E-state index contributed by atoms with van der Waals surface area (Å²) in [7, 11) is 1.97. The van der Waals surface area contributed by atoms with Crippen LogP contribution in [0.5, 0.6) is 0 Å². The lowest BCUT2D eigenvalue weighted by Gasteiger charge is -2.33. The Balaban J connectivity index is 2.44. The van der Waals surface area contributed by atoms with Crippen LogP contribution >= 0.6 is 0 Å². The van der Waals surface area contributed by atoms with Gasteiger partial charge >= 0.3 is 12.0 Å². The number of aliphatic hydroxyl groups is 1. The van der Waals surface area contributed by atoms with Crippen LogP contribution in [0, 0.1) is 0 Å². The molecule has 0 unspecified atom stereocenters. The van der Waals surface area contributed by atoms with Crippen LogP contribution in [0.3, 0.4) is 0 Å². The molecular formula is C10H19N3O4. The van der Waals surface area contributed by atoms with Crippen LogP contribution in [-0.2, 0) is 4.79 Å². The van der Waals surface area contributed by atoms with E-state index in [9.17, 15) is 9.59 Å². The summed E-state index contributed by atoms with van der Waals surface area (Å²) in [5.41, 5.74) is 0. The largest absolute Gasteiger partial charge is 0.480 e. The van der Waals surface area contributed by atoms with Gasteiger partial charge in [-0.1, -0.05) is 0 Å². The molecule has 1 aliphatic heterocycles. The van der Waals surface area contributed by atoms with Crippen LogP contribution in [0.15, 0.2) is 0 Å². The number of carbonyl (C=O) groups is 2. The summed E-state index contributed by atoms with van der Waals surface area (Å²) >= 11 is 0. The van der Waals surface area contributed by atoms with Gasteiger partial charge in [0.2, 0.25) is 0 Å². The number of carboxylic acids is 1. The monoisotopic (exact) mass is 245 g/mol. The van der Waals surface area contributed by atoms with Crippen LogP contribution in [0.1, 0.15) is 6.42 Å². The fourth-order valence-corrected chi connectivity index (χ4v) is 1.64. The first-order valence-electron chi connectivity index (χ1n) is 5.62. The minimum absolute atomic E-state index is 0.0226. The first-order valence-corrected chi connectivity index (χ1v) is 5.62. The molecule has 0 spiro atoms. The number of likely N-dealkylation sites (N-methyl/N-ethyl adjacent to an activating group) is 1. The standard InChI is InChI=1S/C10H19N3O4/c1-12-3-5-13(6-4-12)10(17)11-8(2-7-14)9(15)16/h8,14H,2-7H2,1H3,(H,11,17)(H,15,16)/t8-/m1/s1. The van der Waals surface area contributed by atoms with E-state index in [0.29, 0.717) is 13.1 Å². The summed E-state index contributed by atoms with van der Waals surface area (Å²) < 4.78 is 0. The molecule has 7 nitrogen and oxygen atoms in total. The molecule has 0 aliphatic carbocycles. The quantitative estimate of drug-likeness (QED) is 0.577. The number of nitrogens with one attached hydrogen (secondary N) is 1. The van der Waals surface area contributed by atoms with Gasteiger partial charge in [-0.05, 0) is 7.05 Å². The van der Waals surface area contributed by atoms with Gasteiger partial charge in [-0.2, -0.15) is 0 Å². The molecular weight excluding hydrogens is 226 g/mol. The second-order valence-electron chi connectivity index (χ2n) is 4.14. The van der Waals surface area contributed by atoms with Gasteiger partial charge in [-0.25, -0.2) is 9.59 Å². The van der Waals surface area contributed by atoms with Crippen LogP contribution < -0.4 is 5.32 Å². The number of aliphatic carboxylic acids is 1. The molecule has 7 heteroatoms. The Morgan fingerprint density at radius 3 is 2.35 bits per heavy atom. The molecule has 1 saturated heterocycles. The van der Waals surface area contributed by atoms with Gasteiger partial charge in [0.05, 0.1) is 0 Å². The molecule has 1 atom stereocenters. The number of nitrogens with zero attached hydrogens (tertiary/aromatic N) is 2. The van der Waals surface area contributed by atoms with E-state index in [4.69, 9.17) is 10.2 Å². The van der Waals surface area contributed by atoms with Crippen molar-refractivity contribution in [3.63, 3.8) is 0 Å². The van der Waals surface area contributed by atoms with Crippen LogP contribution in [0.25, 0.3) is 0 Å². The number of hydrogen-bond acceptors (Lipinski definition) is 4. The minimum atomic E-state index is -1.12. The number of hydrogen-bond donors (Lipinski definition) is 3. The Morgan fingerprint density at radius 1 is 1.29 bits per heavy atom. The third-order valence-corrected chi connectivity index (χ3v) is 2.80. The van der Waals surface area contributed by atoms with Gasteiger partial charge in [0, 0.05) is 39.2 Å². The molecule has 0 saturated carbocycles. The molecule has 1 heterocycles. The highest BCUT2D eigenvalue weighted by atomic mass is 16.4. The van der Waals surface area contributed by atoms with Crippen molar-refractivity contribution in [2.75, 3.05) is 39.8 Å². The molecule has 98 valence electrons. The Kier molecular flexibility index (Phi) is 5.17. The first-order chi connectivity index (χ1) is 8.04. The molecule has 0 aromatic heterocycles. The summed E-state index contributed by atoms with van der Waals surface area (Å²) in [6.07, 6.45) is 0.0226. The molecule has 0 aromatic carbocycles. The van der Waals surface area contributed by atoms with Crippen molar-refractivity contribution < 1.29 is 19.8 Å². The van der Waals surface area contributed by atoms with Crippen LogP contribution in [0.4, 0.5) is 4.79 Å². The van der Waals surface area contributed by atoms with Gasteiger partial charge in [0.25, 0.3) is 0 Å². The zero-order chi connectivity index (χ0) is 12.8. The maximum absolute atomic E-state index is 11.7. The highest BCUT2D eigenvalue weighted by Crippen LogP contribution is 2.01. The molecule has 1 fully saturated rings. The van der Waals surface area contributed by atoms with Crippen molar-refractivity contribution in [2.24, 2.45) is 0 Å². The molecule has 1 rings (SSSR count). The van der Waals surface area contributed by atoms with Crippen molar-refractivity contribution >= 4 is 12.0 Å². The maximum atomic E-state index is 11.7. The summed E-state index contributed by atoms with van der Waals surface area (Å²) in [5.74, 6) is -1.12. The fraction of sp³-hybridized carbons (Fsp3) is 0.800. The van der Waals surface area contributed by atoms with Crippen molar-refractivity contribution in [1.29, 1.82) is 0 Å². The predicted molar refractivity (Wildman–Crippen MR) is 60.7 cm³/mol. The van der Waals surface area contributed by atoms with Gasteiger partial charge in [0.15, 0.2) is 0 Å². The number of urea groups is 1. The molecule has 0 aromatic rings.